The zero-order chi connectivity index (χ0) is 13.5. The van der Waals surface area contributed by atoms with Gasteiger partial charge in [0, 0.05) is 13.1 Å². The van der Waals surface area contributed by atoms with Crippen LogP contribution in [-0.4, -0.2) is 43.0 Å². The van der Waals surface area contributed by atoms with Crippen LogP contribution in [0.1, 0.15) is 30.4 Å². The van der Waals surface area contributed by atoms with E-state index >= 15 is 0 Å². The summed E-state index contributed by atoms with van der Waals surface area (Å²) in [5.74, 6) is 0. The largest absolute Gasteiger partial charge is 0.326 e. The normalized spacial score (nSPS) is 16.4. The van der Waals surface area contributed by atoms with Crippen LogP contribution in [-0.2, 0) is 13.1 Å². The third kappa shape index (κ3) is 4.94. The summed E-state index contributed by atoms with van der Waals surface area (Å²) in [6.07, 6.45) is 4.05. The van der Waals surface area contributed by atoms with Gasteiger partial charge < -0.3 is 15.5 Å². The van der Waals surface area contributed by atoms with Crippen molar-refractivity contribution in [3.05, 3.63) is 35.4 Å². The van der Waals surface area contributed by atoms with Crippen LogP contribution >= 0.6 is 0 Å². The van der Waals surface area contributed by atoms with E-state index in [9.17, 15) is 0 Å². The molecule has 1 aliphatic heterocycles. The Bertz CT molecular complexity index is 372. The van der Waals surface area contributed by atoms with E-state index in [0.717, 1.165) is 6.54 Å². The Balaban J connectivity index is 1.69. The van der Waals surface area contributed by atoms with Gasteiger partial charge in [-0.2, -0.15) is 0 Å². The first kappa shape index (κ1) is 14.5. The van der Waals surface area contributed by atoms with Crippen molar-refractivity contribution in [1.29, 1.82) is 0 Å². The van der Waals surface area contributed by atoms with Crippen LogP contribution in [0.4, 0.5) is 0 Å². The third-order valence-corrected chi connectivity index (χ3v) is 3.89. The van der Waals surface area contributed by atoms with Gasteiger partial charge in [0.15, 0.2) is 0 Å². The molecule has 0 radical (unpaired) electrons. The van der Waals surface area contributed by atoms with E-state index < -0.39 is 0 Å². The Morgan fingerprint density at radius 2 is 1.95 bits per heavy atom. The Kier molecular flexibility index (Phi) is 5.83. The maximum atomic E-state index is 5.68. The van der Waals surface area contributed by atoms with Gasteiger partial charge in [0.2, 0.25) is 0 Å². The van der Waals surface area contributed by atoms with Crippen LogP contribution in [0.2, 0.25) is 0 Å². The first-order valence-corrected chi connectivity index (χ1v) is 7.47. The maximum absolute atomic E-state index is 5.68. The molecular formula is C16H27N3. The second-order valence-corrected chi connectivity index (χ2v) is 5.66. The first-order chi connectivity index (χ1) is 9.28. The summed E-state index contributed by atoms with van der Waals surface area (Å²) in [7, 11) is 2.21. The topological polar surface area (TPSA) is 32.5 Å². The molecule has 1 aliphatic rings. The van der Waals surface area contributed by atoms with Crippen molar-refractivity contribution < 1.29 is 0 Å². The van der Waals surface area contributed by atoms with Gasteiger partial charge in [-0.05, 0) is 63.6 Å². The number of benzene rings is 1. The average molecular weight is 261 g/mol. The molecule has 3 heteroatoms. The maximum Gasteiger partial charge on any atom is 0.0230 e. The van der Waals surface area contributed by atoms with E-state index in [1.165, 1.54) is 56.6 Å². The second-order valence-electron chi connectivity index (χ2n) is 5.66. The lowest BCUT2D eigenvalue weighted by Crippen LogP contribution is -2.26. The van der Waals surface area contributed by atoms with Gasteiger partial charge in [0.1, 0.15) is 0 Å². The highest BCUT2D eigenvalue weighted by Crippen LogP contribution is 2.09. The molecule has 0 aromatic heterocycles. The molecule has 106 valence electrons. The molecule has 2 rings (SSSR count). The Morgan fingerprint density at radius 1 is 1.21 bits per heavy atom. The van der Waals surface area contributed by atoms with Gasteiger partial charge in [0.25, 0.3) is 0 Å². The van der Waals surface area contributed by atoms with Crippen molar-refractivity contribution in [3.8, 4) is 0 Å². The average Bonchev–Trinajstić information content (AvgIpc) is 2.92. The standard InChI is InChI=1S/C16H27N3/c1-18(8-5-11-19-9-2-3-10-19)14-16-7-4-6-15(12-16)13-17/h4,6-7,12H,2-3,5,8-11,13-14,17H2,1H3. The quantitative estimate of drug-likeness (QED) is 0.815. The van der Waals surface area contributed by atoms with Crippen molar-refractivity contribution in [3.63, 3.8) is 0 Å². The van der Waals surface area contributed by atoms with Crippen molar-refractivity contribution in [2.45, 2.75) is 32.4 Å². The van der Waals surface area contributed by atoms with Gasteiger partial charge in [-0.15, -0.1) is 0 Å². The summed E-state index contributed by atoms with van der Waals surface area (Å²) in [5.41, 5.74) is 8.27. The van der Waals surface area contributed by atoms with Crippen LogP contribution in [0.3, 0.4) is 0 Å². The van der Waals surface area contributed by atoms with E-state index in [0.29, 0.717) is 6.54 Å². The molecule has 0 unspecified atom stereocenters. The molecule has 1 aromatic rings. The molecule has 1 fully saturated rings. The fourth-order valence-electron chi connectivity index (χ4n) is 2.82. The SMILES string of the molecule is CN(CCCN1CCCC1)Cc1cccc(CN)c1. The van der Waals surface area contributed by atoms with Crippen LogP contribution in [0.15, 0.2) is 24.3 Å². The molecular weight excluding hydrogens is 234 g/mol. The second kappa shape index (κ2) is 7.63. The number of nitrogens with zero attached hydrogens (tertiary/aromatic N) is 2. The third-order valence-electron chi connectivity index (χ3n) is 3.89. The molecule has 19 heavy (non-hydrogen) atoms. The lowest BCUT2D eigenvalue weighted by Gasteiger charge is -2.20. The summed E-state index contributed by atoms with van der Waals surface area (Å²) < 4.78 is 0. The van der Waals surface area contributed by atoms with Gasteiger partial charge in [-0.1, -0.05) is 24.3 Å². The molecule has 1 saturated heterocycles. The summed E-state index contributed by atoms with van der Waals surface area (Å²) in [6, 6.07) is 8.61. The molecule has 0 aliphatic carbocycles. The molecule has 3 nitrogen and oxygen atoms in total. The van der Waals surface area contributed by atoms with Crippen molar-refractivity contribution in [2.24, 2.45) is 5.73 Å². The predicted octanol–water partition coefficient (Wildman–Crippen LogP) is 2.06. The number of hydrogen-bond acceptors (Lipinski definition) is 3. The lowest BCUT2D eigenvalue weighted by molar-refractivity contribution is 0.275. The van der Waals surface area contributed by atoms with Crippen LogP contribution in [0, 0.1) is 0 Å². The summed E-state index contributed by atoms with van der Waals surface area (Å²) in [5, 5.41) is 0. The lowest BCUT2D eigenvalue weighted by atomic mass is 10.1. The molecule has 0 spiro atoms. The number of hydrogen-bond donors (Lipinski definition) is 1. The monoisotopic (exact) mass is 261 g/mol. The van der Waals surface area contributed by atoms with E-state index in [-0.39, 0.29) is 0 Å². The van der Waals surface area contributed by atoms with E-state index in [1.807, 2.05) is 0 Å². The Hall–Kier alpha value is -0.900. The Morgan fingerprint density at radius 3 is 2.68 bits per heavy atom. The zero-order valence-corrected chi connectivity index (χ0v) is 12.1. The van der Waals surface area contributed by atoms with Crippen LogP contribution in [0.25, 0.3) is 0 Å². The van der Waals surface area contributed by atoms with Gasteiger partial charge in [-0.3, -0.25) is 0 Å². The van der Waals surface area contributed by atoms with Crippen molar-refractivity contribution in [1.82, 2.24) is 9.80 Å². The fraction of sp³-hybridized carbons (Fsp3) is 0.625. The van der Waals surface area contributed by atoms with E-state index in [2.05, 4.69) is 41.1 Å². The minimum absolute atomic E-state index is 0.631. The minimum atomic E-state index is 0.631. The number of likely N-dealkylation sites (tertiary alicyclic amines) is 1. The Labute approximate surface area is 117 Å². The zero-order valence-electron chi connectivity index (χ0n) is 12.1. The predicted molar refractivity (Wildman–Crippen MR) is 81.0 cm³/mol. The van der Waals surface area contributed by atoms with E-state index in [4.69, 9.17) is 5.73 Å². The highest BCUT2D eigenvalue weighted by atomic mass is 15.1. The van der Waals surface area contributed by atoms with Crippen LogP contribution in [0.5, 0.6) is 0 Å². The smallest absolute Gasteiger partial charge is 0.0230 e. The molecule has 0 amide bonds. The fourth-order valence-corrected chi connectivity index (χ4v) is 2.82. The van der Waals surface area contributed by atoms with Gasteiger partial charge in [-0.25, -0.2) is 0 Å². The molecule has 1 aromatic carbocycles. The molecule has 2 N–H and O–H groups in total. The van der Waals surface area contributed by atoms with Crippen molar-refractivity contribution in [2.75, 3.05) is 33.2 Å². The van der Waals surface area contributed by atoms with Crippen molar-refractivity contribution >= 4 is 0 Å². The highest BCUT2D eigenvalue weighted by molar-refractivity contribution is 5.23. The molecule has 0 saturated carbocycles. The first-order valence-electron chi connectivity index (χ1n) is 7.47. The van der Waals surface area contributed by atoms with Gasteiger partial charge >= 0.3 is 0 Å². The highest BCUT2D eigenvalue weighted by Gasteiger charge is 2.10. The number of nitrogens with two attached hydrogens (primary N) is 1. The minimum Gasteiger partial charge on any atom is -0.326 e. The summed E-state index contributed by atoms with van der Waals surface area (Å²) >= 11 is 0. The number of rotatable bonds is 7. The molecule has 0 bridgehead atoms. The van der Waals surface area contributed by atoms with E-state index in [1.54, 1.807) is 0 Å². The summed E-state index contributed by atoms with van der Waals surface area (Å²) in [6.45, 7) is 6.70. The summed E-state index contributed by atoms with van der Waals surface area (Å²) in [4.78, 5) is 4.99. The molecule has 1 heterocycles. The van der Waals surface area contributed by atoms with Crippen LogP contribution < -0.4 is 5.73 Å². The van der Waals surface area contributed by atoms with Gasteiger partial charge in [0.05, 0.1) is 0 Å². The molecule has 0 atom stereocenters.